The van der Waals surface area contributed by atoms with E-state index >= 15 is 0 Å². The van der Waals surface area contributed by atoms with E-state index in [1.165, 1.54) is 0 Å². The van der Waals surface area contributed by atoms with Crippen molar-refractivity contribution in [2.45, 2.75) is 38.4 Å². The van der Waals surface area contributed by atoms with Crippen LogP contribution in [-0.4, -0.2) is 48.7 Å². The van der Waals surface area contributed by atoms with E-state index in [1.54, 1.807) is 6.92 Å². The lowest BCUT2D eigenvalue weighted by Gasteiger charge is -2.46. The molecule has 0 radical (unpaired) electrons. The number of amides is 1. The first-order valence-corrected chi connectivity index (χ1v) is 5.75. The molecule has 15 heavy (non-hydrogen) atoms. The summed E-state index contributed by atoms with van der Waals surface area (Å²) in [5, 5.41) is 3.41. The number of nitrogens with one attached hydrogen (secondary N) is 1. The minimum Gasteiger partial charge on any atom is -0.369 e. The summed E-state index contributed by atoms with van der Waals surface area (Å²) < 4.78 is 6.04. The van der Waals surface area contributed by atoms with Crippen molar-refractivity contribution in [2.24, 2.45) is 0 Å². The number of rotatable bonds is 0. The van der Waals surface area contributed by atoms with E-state index in [4.69, 9.17) is 4.74 Å². The van der Waals surface area contributed by atoms with E-state index in [9.17, 15) is 4.79 Å². The Labute approximate surface area is 91.0 Å². The van der Waals surface area contributed by atoms with Gasteiger partial charge in [-0.05, 0) is 19.8 Å². The fourth-order valence-corrected chi connectivity index (χ4v) is 2.54. The third-order valence-electron chi connectivity index (χ3n) is 3.45. The van der Waals surface area contributed by atoms with Crippen LogP contribution in [0.5, 0.6) is 0 Å². The van der Waals surface area contributed by atoms with Gasteiger partial charge in [0.2, 0.25) is 5.91 Å². The number of ether oxygens (including phenoxy) is 1. The molecular weight excluding hydrogens is 192 g/mol. The molecule has 1 amide bonds. The van der Waals surface area contributed by atoms with Gasteiger partial charge >= 0.3 is 0 Å². The van der Waals surface area contributed by atoms with Crippen LogP contribution in [0.4, 0.5) is 0 Å². The molecule has 2 rings (SSSR count). The number of hydrogen-bond donors (Lipinski definition) is 1. The van der Waals surface area contributed by atoms with E-state index in [2.05, 4.69) is 12.2 Å². The number of piperidine rings is 1. The van der Waals surface area contributed by atoms with Crippen molar-refractivity contribution in [1.82, 2.24) is 10.2 Å². The molecule has 2 fully saturated rings. The van der Waals surface area contributed by atoms with Gasteiger partial charge in [-0.15, -0.1) is 0 Å². The first-order valence-electron chi connectivity index (χ1n) is 5.75. The molecule has 0 saturated carbocycles. The van der Waals surface area contributed by atoms with Gasteiger partial charge in [-0.2, -0.15) is 0 Å². The van der Waals surface area contributed by atoms with E-state index in [0.29, 0.717) is 6.10 Å². The molecular formula is C11H20N2O2. The smallest absolute Gasteiger partial charge is 0.219 e. The minimum absolute atomic E-state index is 0.0103. The number of carbonyl (C=O) groups excluding carboxylic acids is 1. The van der Waals surface area contributed by atoms with Gasteiger partial charge in [0.05, 0.1) is 11.7 Å². The second kappa shape index (κ2) is 4.10. The van der Waals surface area contributed by atoms with Crippen LogP contribution in [0.1, 0.15) is 26.7 Å². The fourth-order valence-electron chi connectivity index (χ4n) is 2.54. The molecule has 2 aliphatic heterocycles. The molecule has 0 aromatic rings. The van der Waals surface area contributed by atoms with Crippen molar-refractivity contribution >= 4 is 5.91 Å². The van der Waals surface area contributed by atoms with Crippen molar-refractivity contribution in [3.05, 3.63) is 0 Å². The van der Waals surface area contributed by atoms with Crippen LogP contribution in [0, 0.1) is 0 Å². The summed E-state index contributed by atoms with van der Waals surface area (Å²) in [5.74, 6) is 0.182. The van der Waals surface area contributed by atoms with Gasteiger partial charge in [0, 0.05) is 33.1 Å². The van der Waals surface area contributed by atoms with Gasteiger partial charge in [-0.3, -0.25) is 4.79 Å². The van der Waals surface area contributed by atoms with Crippen molar-refractivity contribution < 1.29 is 9.53 Å². The summed E-state index contributed by atoms with van der Waals surface area (Å²) in [4.78, 5) is 13.1. The van der Waals surface area contributed by atoms with Crippen LogP contribution in [0.2, 0.25) is 0 Å². The standard InChI is InChI=1S/C11H20N2O2/c1-9-7-12-8-11(15-9)3-5-13(6-4-11)10(2)14/h9,12H,3-8H2,1-2H3. The lowest BCUT2D eigenvalue weighted by atomic mass is 9.89. The Morgan fingerprint density at radius 3 is 2.67 bits per heavy atom. The zero-order chi connectivity index (χ0) is 10.9. The average molecular weight is 212 g/mol. The zero-order valence-corrected chi connectivity index (χ0v) is 9.58. The van der Waals surface area contributed by atoms with Crippen LogP contribution < -0.4 is 5.32 Å². The normalized spacial score (nSPS) is 30.5. The molecule has 4 nitrogen and oxygen atoms in total. The molecule has 86 valence electrons. The Hall–Kier alpha value is -0.610. The van der Waals surface area contributed by atoms with Gasteiger partial charge in [0.25, 0.3) is 0 Å². The van der Waals surface area contributed by atoms with E-state index in [1.807, 2.05) is 4.90 Å². The number of carbonyl (C=O) groups is 1. The van der Waals surface area contributed by atoms with Gasteiger partial charge < -0.3 is 15.0 Å². The molecule has 2 aliphatic rings. The van der Waals surface area contributed by atoms with Crippen molar-refractivity contribution in [3.63, 3.8) is 0 Å². The van der Waals surface area contributed by atoms with Crippen molar-refractivity contribution in [2.75, 3.05) is 26.2 Å². The third-order valence-corrected chi connectivity index (χ3v) is 3.45. The summed E-state index contributed by atoms with van der Waals surface area (Å²) in [6.45, 7) is 7.29. The third kappa shape index (κ3) is 2.32. The number of nitrogens with zero attached hydrogens (tertiary/aromatic N) is 1. The summed E-state index contributed by atoms with van der Waals surface area (Å²) in [6, 6.07) is 0. The molecule has 2 saturated heterocycles. The topological polar surface area (TPSA) is 41.6 Å². The highest BCUT2D eigenvalue weighted by atomic mass is 16.5. The van der Waals surface area contributed by atoms with Gasteiger partial charge in [-0.25, -0.2) is 0 Å². The lowest BCUT2D eigenvalue weighted by Crippen LogP contribution is -2.58. The van der Waals surface area contributed by atoms with Crippen LogP contribution in [0.25, 0.3) is 0 Å². The Kier molecular flexibility index (Phi) is 2.98. The van der Waals surface area contributed by atoms with Gasteiger partial charge in [0.1, 0.15) is 0 Å². The average Bonchev–Trinajstić information content (AvgIpc) is 2.18. The molecule has 2 heterocycles. The lowest BCUT2D eigenvalue weighted by molar-refractivity contribution is -0.148. The maximum atomic E-state index is 11.2. The highest BCUT2D eigenvalue weighted by molar-refractivity contribution is 5.73. The van der Waals surface area contributed by atoms with Crippen molar-refractivity contribution in [3.8, 4) is 0 Å². The molecule has 0 aromatic carbocycles. The van der Waals surface area contributed by atoms with Gasteiger partial charge in [0.15, 0.2) is 0 Å². The van der Waals surface area contributed by atoms with Crippen molar-refractivity contribution in [1.29, 1.82) is 0 Å². The second-order valence-electron chi connectivity index (χ2n) is 4.75. The predicted molar refractivity (Wildman–Crippen MR) is 57.6 cm³/mol. The molecule has 4 heteroatoms. The van der Waals surface area contributed by atoms with Crippen LogP contribution in [-0.2, 0) is 9.53 Å². The Bertz CT molecular complexity index is 247. The SMILES string of the molecule is CC(=O)N1CCC2(CC1)CNCC(C)O2. The van der Waals surface area contributed by atoms with Gasteiger partial charge in [-0.1, -0.05) is 0 Å². The predicted octanol–water partition coefficient (Wildman–Crippen LogP) is 0.376. The highest BCUT2D eigenvalue weighted by Crippen LogP contribution is 2.29. The monoisotopic (exact) mass is 212 g/mol. The molecule has 1 atom stereocenters. The quantitative estimate of drug-likeness (QED) is 0.631. The molecule has 1 N–H and O–H groups in total. The second-order valence-corrected chi connectivity index (χ2v) is 4.75. The number of likely N-dealkylation sites (tertiary alicyclic amines) is 1. The Morgan fingerprint density at radius 1 is 1.47 bits per heavy atom. The van der Waals surface area contributed by atoms with Crippen LogP contribution in [0.15, 0.2) is 0 Å². The summed E-state index contributed by atoms with van der Waals surface area (Å²) in [7, 11) is 0. The van der Waals surface area contributed by atoms with Crippen LogP contribution >= 0.6 is 0 Å². The highest BCUT2D eigenvalue weighted by Gasteiger charge is 2.39. The van der Waals surface area contributed by atoms with E-state index in [0.717, 1.165) is 39.0 Å². The molecule has 1 spiro atoms. The molecule has 0 aromatic heterocycles. The first kappa shape index (κ1) is 10.9. The Balaban J connectivity index is 1.93. The summed E-state index contributed by atoms with van der Waals surface area (Å²) >= 11 is 0. The summed E-state index contributed by atoms with van der Waals surface area (Å²) in [6.07, 6.45) is 2.22. The van der Waals surface area contributed by atoms with E-state index in [-0.39, 0.29) is 11.5 Å². The largest absolute Gasteiger partial charge is 0.369 e. The molecule has 0 bridgehead atoms. The van der Waals surface area contributed by atoms with E-state index < -0.39 is 0 Å². The zero-order valence-electron chi connectivity index (χ0n) is 9.58. The summed E-state index contributed by atoms with van der Waals surface area (Å²) in [5.41, 5.74) is -0.0103. The maximum absolute atomic E-state index is 11.2. The van der Waals surface area contributed by atoms with Crippen LogP contribution in [0.3, 0.4) is 0 Å². The number of hydrogen-bond acceptors (Lipinski definition) is 3. The fraction of sp³-hybridized carbons (Fsp3) is 0.909. The molecule has 0 aliphatic carbocycles. The maximum Gasteiger partial charge on any atom is 0.219 e. The first-order chi connectivity index (χ1) is 7.11. The minimum atomic E-state index is -0.0103. The Morgan fingerprint density at radius 2 is 2.13 bits per heavy atom. The number of morpholine rings is 1. The molecule has 1 unspecified atom stereocenters.